The van der Waals surface area contributed by atoms with Crippen molar-refractivity contribution in [3.8, 4) is 67.0 Å². The van der Waals surface area contributed by atoms with Gasteiger partial charge in [-0.1, -0.05) is 130 Å². The second-order valence-corrected chi connectivity index (χ2v) is 31.7. The van der Waals surface area contributed by atoms with Gasteiger partial charge in [0.25, 0.3) is 0 Å². The molecular formula is C98H80N4Se. The quantitative estimate of drug-likeness (QED) is 0.134. The number of fused-ring (bicyclic) bond motifs is 14. The second kappa shape index (κ2) is 23.8. The standard InChI is InChI=1S/C98H80N4Se/c1-97(2,3)68-55-78(62-32-14-8-15-33-62)94(79(56-68)63-34-16-9-17-35-63)101-84-59-70(99-82-45-27-24-42-73(82)90-72-41-23-22-40-66(72)52-86(90)99)48-50-75(84)91-76-51-49-71(100-83-46-28-25-43-74(83)92-77-44-26-29-47-89(77)103-96(92)100)60-85(76)102(88-54-67(53-87(101)93(88)91)61-30-12-7-13-31-61)95-80(64-36-18-10-19-37-64)57-69(98(4,5)6)58-81(95)65-38-20-11-21-39-65/h8-11,14-29,32-51,53-61,91H,7,12-13,30-31,52H2,1-6H3/i22D,23D,24D,25D,26D,27D,28D,29D,40D,41D,42D,43D,44D,45D,46D,47D,48D,49D,50D,51D,59D,60D. The summed E-state index contributed by atoms with van der Waals surface area (Å²) in [7, 11) is 0. The Kier molecular flexibility index (Phi) is 9.97. The fraction of sp³-hybridized carbons (Fsp3) is 0.163. The molecule has 16 aromatic rings. The summed E-state index contributed by atoms with van der Waals surface area (Å²) in [6, 6.07) is 40.2. The number of hydrogen-bond donors (Lipinski definition) is 0. The molecule has 1 unspecified atom stereocenters. The van der Waals surface area contributed by atoms with Crippen LogP contribution in [0.15, 0.2) is 291 Å². The molecule has 0 spiro atoms. The third-order valence-corrected chi connectivity index (χ3v) is 23.8. The van der Waals surface area contributed by atoms with E-state index in [-0.39, 0.29) is 116 Å². The third kappa shape index (κ3) is 9.83. The molecule has 0 bridgehead atoms. The van der Waals surface area contributed by atoms with Crippen LogP contribution in [0.5, 0.6) is 0 Å². The molecule has 1 saturated carbocycles. The summed E-state index contributed by atoms with van der Waals surface area (Å²) in [4.78, 5) is 4.05. The first-order valence-corrected chi connectivity index (χ1v) is 37.1. The first-order valence-electron chi connectivity index (χ1n) is 46.4. The van der Waals surface area contributed by atoms with Crippen LogP contribution in [0.2, 0.25) is 0 Å². The van der Waals surface area contributed by atoms with E-state index >= 15 is 0 Å². The number of aromatic nitrogens is 2. The van der Waals surface area contributed by atoms with Gasteiger partial charge in [0.05, 0.1) is 16.5 Å². The van der Waals surface area contributed by atoms with Gasteiger partial charge in [-0.15, -0.1) is 0 Å². The summed E-state index contributed by atoms with van der Waals surface area (Å²) in [5, 5.41) is -0.176. The summed E-state index contributed by atoms with van der Waals surface area (Å²) >= 11 is -1.20. The maximum atomic E-state index is 11.9. The van der Waals surface area contributed by atoms with E-state index < -0.39 is 158 Å². The average Bonchev–Trinajstić information content (AvgIpc) is 1.43. The molecule has 3 aromatic heterocycles. The van der Waals surface area contributed by atoms with Crippen molar-refractivity contribution in [1.82, 2.24) is 9.13 Å². The molecule has 0 amide bonds. The summed E-state index contributed by atoms with van der Waals surface area (Å²) in [6.07, 6.45) is 3.77. The Hall–Kier alpha value is -10.9. The summed E-state index contributed by atoms with van der Waals surface area (Å²) in [5.41, 5.74) is 8.55. The summed E-state index contributed by atoms with van der Waals surface area (Å²) in [5.74, 6) is -1.72. The average molecular weight is 1410 g/mol. The molecule has 4 nitrogen and oxygen atoms in total. The van der Waals surface area contributed by atoms with E-state index in [9.17, 15) is 24.7 Å². The zero-order chi connectivity index (χ0) is 88.1. The van der Waals surface area contributed by atoms with E-state index in [1.54, 1.807) is 0 Å². The van der Waals surface area contributed by atoms with Gasteiger partial charge in [0.1, 0.15) is 0 Å². The molecule has 20 rings (SSSR count). The molecule has 1 atom stereocenters. The van der Waals surface area contributed by atoms with Crippen molar-refractivity contribution in [3.63, 3.8) is 0 Å². The number of para-hydroxylation sites is 2. The van der Waals surface area contributed by atoms with E-state index in [0.717, 1.165) is 71.0 Å². The van der Waals surface area contributed by atoms with Gasteiger partial charge in [0.15, 0.2) is 0 Å². The molecule has 2 aliphatic heterocycles. The molecule has 103 heavy (non-hydrogen) atoms. The van der Waals surface area contributed by atoms with Crippen LogP contribution in [0.3, 0.4) is 0 Å². The second-order valence-electron chi connectivity index (χ2n) is 29.6. The van der Waals surface area contributed by atoms with Gasteiger partial charge in [-0.2, -0.15) is 0 Å². The Morgan fingerprint density at radius 2 is 0.864 bits per heavy atom. The minimum absolute atomic E-state index is 0.00944. The zero-order valence-corrected chi connectivity index (χ0v) is 59.3. The van der Waals surface area contributed by atoms with E-state index in [0.29, 0.717) is 50.6 Å². The van der Waals surface area contributed by atoms with E-state index in [4.69, 9.17) is 5.48 Å². The summed E-state index contributed by atoms with van der Waals surface area (Å²) < 4.78 is 224. The SMILES string of the molecule is [2H]c1c([2H])c([2H])c2c(c1[2H])Cc1c-2c2c([2H])c([2H])c([2H])c([2H])c2n1-c1c([2H])c([2H])c2c(c1[2H])N(c1c(-c3ccccc3)cc(C(C)(C)C)cc1-c1ccccc1)c1cc(C3CCCCC3)cc3c1C2c1c([2H])c([2H])c(-n2c4[se]c5c([2H])c([2H])c([2H])c([2H])c5c4c4c([2H])c([2H])c([2H])c([2H])c42)c([2H])c1N3c1c(-c2ccccc2)cc(C(C)(C)C)cc1-c1ccccc1. The van der Waals surface area contributed by atoms with Crippen LogP contribution < -0.4 is 9.80 Å². The van der Waals surface area contributed by atoms with Crippen molar-refractivity contribution < 1.29 is 30.2 Å². The van der Waals surface area contributed by atoms with Crippen LogP contribution in [0, 0.1) is 0 Å². The molecule has 5 heterocycles. The Balaban J connectivity index is 1.05. The van der Waals surface area contributed by atoms with Gasteiger partial charge in [-0.3, -0.25) is 0 Å². The van der Waals surface area contributed by atoms with E-state index in [1.165, 1.54) is 9.13 Å². The number of nitrogens with zero attached hydrogens (tertiary/aromatic N) is 4. The normalized spacial score (nSPS) is 17.9. The van der Waals surface area contributed by atoms with Gasteiger partial charge < -0.3 is 0 Å². The van der Waals surface area contributed by atoms with Gasteiger partial charge in [0.2, 0.25) is 0 Å². The zero-order valence-electron chi connectivity index (χ0n) is 79.6. The van der Waals surface area contributed by atoms with Crippen molar-refractivity contribution in [3.05, 3.63) is 335 Å². The van der Waals surface area contributed by atoms with E-state index in [2.05, 4.69) is 77.9 Å². The van der Waals surface area contributed by atoms with Crippen molar-refractivity contribution in [1.29, 1.82) is 0 Å². The molecule has 5 heteroatoms. The number of anilines is 6. The number of rotatable bonds is 9. The van der Waals surface area contributed by atoms with Crippen LogP contribution in [0.25, 0.3) is 108 Å². The molecule has 498 valence electrons. The van der Waals surface area contributed by atoms with Gasteiger partial charge >= 0.3 is 423 Å². The molecular weight excluding hydrogens is 1310 g/mol. The van der Waals surface area contributed by atoms with E-state index in [1.807, 2.05) is 131 Å². The van der Waals surface area contributed by atoms with Crippen molar-refractivity contribution >= 4 is 89.9 Å². The molecule has 4 aliphatic rings. The molecule has 0 saturated heterocycles. The Morgan fingerprint density at radius 3 is 1.38 bits per heavy atom. The number of benzene rings is 13. The molecule has 0 N–H and O–H groups in total. The Morgan fingerprint density at radius 1 is 0.417 bits per heavy atom. The van der Waals surface area contributed by atoms with Crippen LogP contribution in [-0.2, 0) is 17.3 Å². The monoisotopic (exact) mass is 1410 g/mol. The van der Waals surface area contributed by atoms with Gasteiger partial charge in [-0.25, -0.2) is 0 Å². The minimum atomic E-state index is -1.54. The fourth-order valence-electron chi connectivity index (χ4n) is 16.6. The Labute approximate surface area is 641 Å². The van der Waals surface area contributed by atoms with Crippen LogP contribution >= 0.6 is 0 Å². The molecule has 0 radical (unpaired) electrons. The fourth-order valence-corrected chi connectivity index (χ4v) is 19.0. The van der Waals surface area contributed by atoms with Crippen LogP contribution in [0.1, 0.15) is 160 Å². The van der Waals surface area contributed by atoms with Gasteiger partial charge in [0, 0.05) is 23.1 Å². The first-order chi connectivity index (χ1) is 59.6. The van der Waals surface area contributed by atoms with Crippen molar-refractivity contribution in [2.24, 2.45) is 0 Å². The topological polar surface area (TPSA) is 16.3 Å². The predicted molar refractivity (Wildman–Crippen MR) is 436 cm³/mol. The Bertz CT molecular complexity index is 7350. The van der Waals surface area contributed by atoms with Crippen LogP contribution in [0.4, 0.5) is 34.1 Å². The van der Waals surface area contributed by atoms with Crippen molar-refractivity contribution in [2.45, 2.75) is 103 Å². The maximum absolute atomic E-state index is 11.9. The third-order valence-electron chi connectivity index (χ3n) is 21.6. The number of hydrogen-bond acceptors (Lipinski definition) is 2. The summed E-state index contributed by atoms with van der Waals surface area (Å²) in [6.45, 7) is 12.8. The molecule has 1 fully saturated rings. The predicted octanol–water partition coefficient (Wildman–Crippen LogP) is 26.6. The molecule has 13 aromatic carbocycles. The molecule has 2 aliphatic carbocycles. The van der Waals surface area contributed by atoms with Crippen molar-refractivity contribution in [2.75, 3.05) is 9.80 Å². The van der Waals surface area contributed by atoms with Crippen LogP contribution in [-0.4, -0.2) is 23.6 Å². The first kappa shape index (κ1) is 43.1. The van der Waals surface area contributed by atoms with Gasteiger partial charge in [-0.05, 0) is 51.4 Å².